The van der Waals surface area contributed by atoms with Crippen molar-refractivity contribution in [1.82, 2.24) is 9.88 Å². The molecule has 110 valence electrons. The average molecular weight is 278 g/mol. The Kier molecular flexibility index (Phi) is 5.35. The number of carbonyl (C=O) groups is 1. The standard InChI is InChI=1S/C15H22N2O3/c1-12-6-3-4-9-17(12)15(18)13-7-5-8-16-14(13)20-11-10-19-2/h5,7-8,12H,3-4,6,9-11H2,1-2H3. The maximum atomic E-state index is 12.6. The molecule has 1 saturated heterocycles. The lowest BCUT2D eigenvalue weighted by atomic mass is 10.0. The van der Waals surface area contributed by atoms with E-state index in [9.17, 15) is 4.79 Å². The van der Waals surface area contributed by atoms with Crippen LogP contribution in [0.15, 0.2) is 18.3 Å². The highest BCUT2D eigenvalue weighted by molar-refractivity contribution is 5.96. The highest BCUT2D eigenvalue weighted by atomic mass is 16.5. The van der Waals surface area contributed by atoms with Crippen molar-refractivity contribution in [3.8, 4) is 5.88 Å². The van der Waals surface area contributed by atoms with Gasteiger partial charge in [0.05, 0.1) is 6.61 Å². The summed E-state index contributed by atoms with van der Waals surface area (Å²) in [6, 6.07) is 3.83. The van der Waals surface area contributed by atoms with Crippen molar-refractivity contribution in [1.29, 1.82) is 0 Å². The summed E-state index contributed by atoms with van der Waals surface area (Å²) in [5.74, 6) is 0.407. The van der Waals surface area contributed by atoms with Gasteiger partial charge in [0, 0.05) is 25.9 Å². The van der Waals surface area contributed by atoms with Gasteiger partial charge in [-0.3, -0.25) is 4.79 Å². The largest absolute Gasteiger partial charge is 0.475 e. The molecule has 5 heteroatoms. The number of methoxy groups -OCH3 is 1. The van der Waals surface area contributed by atoms with Gasteiger partial charge in [-0.05, 0) is 38.3 Å². The molecule has 1 aromatic heterocycles. The van der Waals surface area contributed by atoms with E-state index in [1.54, 1.807) is 25.4 Å². The first-order chi connectivity index (χ1) is 9.74. The van der Waals surface area contributed by atoms with Crippen molar-refractivity contribution >= 4 is 5.91 Å². The fraction of sp³-hybridized carbons (Fsp3) is 0.600. The fourth-order valence-corrected chi connectivity index (χ4v) is 2.44. The molecule has 0 spiro atoms. The zero-order valence-electron chi connectivity index (χ0n) is 12.2. The molecule has 20 heavy (non-hydrogen) atoms. The molecule has 0 bridgehead atoms. The van der Waals surface area contributed by atoms with Crippen molar-refractivity contribution in [3.05, 3.63) is 23.9 Å². The second-order valence-corrected chi connectivity index (χ2v) is 5.04. The second-order valence-electron chi connectivity index (χ2n) is 5.04. The first kappa shape index (κ1) is 14.8. The van der Waals surface area contributed by atoms with Crippen LogP contribution in [0.1, 0.15) is 36.5 Å². The Morgan fingerprint density at radius 1 is 1.45 bits per heavy atom. The van der Waals surface area contributed by atoms with Crippen LogP contribution in [0, 0.1) is 0 Å². The zero-order valence-corrected chi connectivity index (χ0v) is 12.2. The molecule has 1 aromatic rings. The molecule has 1 unspecified atom stereocenters. The normalized spacial score (nSPS) is 18.9. The van der Waals surface area contributed by atoms with Crippen molar-refractivity contribution in [2.24, 2.45) is 0 Å². The first-order valence-electron chi connectivity index (χ1n) is 7.11. The summed E-state index contributed by atoms with van der Waals surface area (Å²) in [5.41, 5.74) is 0.539. The maximum Gasteiger partial charge on any atom is 0.259 e. The van der Waals surface area contributed by atoms with Gasteiger partial charge in [-0.1, -0.05) is 0 Å². The van der Waals surface area contributed by atoms with Crippen LogP contribution >= 0.6 is 0 Å². The Labute approximate surface area is 119 Å². The number of hydrogen-bond acceptors (Lipinski definition) is 4. The van der Waals surface area contributed by atoms with E-state index in [2.05, 4.69) is 11.9 Å². The molecular formula is C15H22N2O3. The lowest BCUT2D eigenvalue weighted by molar-refractivity contribution is 0.0627. The molecule has 1 aliphatic heterocycles. The monoisotopic (exact) mass is 278 g/mol. The summed E-state index contributed by atoms with van der Waals surface area (Å²) in [5, 5.41) is 0. The van der Waals surface area contributed by atoms with E-state index >= 15 is 0 Å². The third kappa shape index (κ3) is 3.48. The molecule has 0 aromatic carbocycles. The number of piperidine rings is 1. The maximum absolute atomic E-state index is 12.6. The van der Waals surface area contributed by atoms with Crippen LogP contribution in [0.2, 0.25) is 0 Å². The Hall–Kier alpha value is -1.62. The van der Waals surface area contributed by atoms with Gasteiger partial charge in [0.15, 0.2) is 0 Å². The van der Waals surface area contributed by atoms with Gasteiger partial charge >= 0.3 is 0 Å². The number of rotatable bonds is 5. The predicted molar refractivity (Wildman–Crippen MR) is 76.0 cm³/mol. The number of hydrogen-bond donors (Lipinski definition) is 0. The molecule has 0 aliphatic carbocycles. The number of likely N-dealkylation sites (tertiary alicyclic amines) is 1. The number of ether oxygens (including phenoxy) is 2. The van der Waals surface area contributed by atoms with E-state index in [1.807, 2.05) is 4.90 Å². The topological polar surface area (TPSA) is 51.7 Å². The molecule has 5 nitrogen and oxygen atoms in total. The smallest absolute Gasteiger partial charge is 0.259 e. The third-order valence-electron chi connectivity index (χ3n) is 3.59. The minimum atomic E-state index is 0.0118. The molecule has 0 radical (unpaired) electrons. The first-order valence-corrected chi connectivity index (χ1v) is 7.11. The van der Waals surface area contributed by atoms with E-state index in [0.29, 0.717) is 24.7 Å². The summed E-state index contributed by atoms with van der Waals surface area (Å²) >= 11 is 0. The van der Waals surface area contributed by atoms with Gasteiger partial charge < -0.3 is 14.4 Å². The molecule has 1 atom stereocenters. The molecule has 1 fully saturated rings. The Bertz CT molecular complexity index is 450. The average Bonchev–Trinajstić information content (AvgIpc) is 2.48. The zero-order chi connectivity index (χ0) is 14.4. The van der Waals surface area contributed by atoms with Gasteiger partial charge in [0.25, 0.3) is 5.91 Å². The third-order valence-corrected chi connectivity index (χ3v) is 3.59. The Morgan fingerprint density at radius 3 is 3.05 bits per heavy atom. The van der Waals surface area contributed by atoms with Gasteiger partial charge in [-0.25, -0.2) is 4.98 Å². The van der Waals surface area contributed by atoms with Crippen molar-refractivity contribution in [3.63, 3.8) is 0 Å². The van der Waals surface area contributed by atoms with E-state index < -0.39 is 0 Å². The SMILES string of the molecule is COCCOc1ncccc1C(=O)N1CCCCC1C. The highest BCUT2D eigenvalue weighted by Crippen LogP contribution is 2.22. The summed E-state index contributed by atoms with van der Waals surface area (Å²) < 4.78 is 10.5. The number of carbonyl (C=O) groups excluding carboxylic acids is 1. The number of nitrogens with zero attached hydrogens (tertiary/aromatic N) is 2. The van der Waals surface area contributed by atoms with Gasteiger partial charge in [-0.15, -0.1) is 0 Å². The van der Waals surface area contributed by atoms with Crippen molar-refractivity contribution < 1.29 is 14.3 Å². The summed E-state index contributed by atoms with van der Waals surface area (Å²) in [6.45, 7) is 3.78. The number of pyridine rings is 1. The molecular weight excluding hydrogens is 256 g/mol. The highest BCUT2D eigenvalue weighted by Gasteiger charge is 2.26. The van der Waals surface area contributed by atoms with E-state index in [1.165, 1.54) is 6.42 Å². The van der Waals surface area contributed by atoms with Gasteiger partial charge in [0.2, 0.25) is 5.88 Å². The van der Waals surface area contributed by atoms with Crippen LogP contribution in [0.4, 0.5) is 0 Å². The lowest BCUT2D eigenvalue weighted by Gasteiger charge is -2.33. The lowest BCUT2D eigenvalue weighted by Crippen LogP contribution is -2.42. The molecule has 1 amide bonds. The molecule has 1 aliphatic rings. The van der Waals surface area contributed by atoms with Crippen LogP contribution < -0.4 is 4.74 Å². The van der Waals surface area contributed by atoms with Crippen molar-refractivity contribution in [2.45, 2.75) is 32.2 Å². The summed E-state index contributed by atoms with van der Waals surface area (Å²) in [6.07, 6.45) is 4.95. The van der Waals surface area contributed by atoms with Crippen LogP contribution in [0.3, 0.4) is 0 Å². The van der Waals surface area contributed by atoms with E-state index in [-0.39, 0.29) is 11.9 Å². The number of amides is 1. The summed E-state index contributed by atoms with van der Waals surface area (Å²) in [7, 11) is 1.61. The molecule has 2 heterocycles. The van der Waals surface area contributed by atoms with E-state index in [0.717, 1.165) is 19.4 Å². The van der Waals surface area contributed by atoms with Gasteiger partial charge in [-0.2, -0.15) is 0 Å². The van der Waals surface area contributed by atoms with Crippen LogP contribution in [-0.4, -0.2) is 48.7 Å². The second kappa shape index (κ2) is 7.24. The van der Waals surface area contributed by atoms with Crippen LogP contribution in [-0.2, 0) is 4.74 Å². The number of aromatic nitrogens is 1. The minimum Gasteiger partial charge on any atom is -0.475 e. The fourth-order valence-electron chi connectivity index (χ4n) is 2.44. The van der Waals surface area contributed by atoms with Gasteiger partial charge in [0.1, 0.15) is 12.2 Å². The van der Waals surface area contributed by atoms with Crippen LogP contribution in [0.25, 0.3) is 0 Å². The van der Waals surface area contributed by atoms with E-state index in [4.69, 9.17) is 9.47 Å². The minimum absolute atomic E-state index is 0.0118. The summed E-state index contributed by atoms with van der Waals surface area (Å²) in [4.78, 5) is 18.7. The molecule has 2 rings (SSSR count). The van der Waals surface area contributed by atoms with Crippen molar-refractivity contribution in [2.75, 3.05) is 26.9 Å². The molecule has 0 saturated carbocycles. The van der Waals surface area contributed by atoms with Crippen LogP contribution in [0.5, 0.6) is 5.88 Å². The quantitative estimate of drug-likeness (QED) is 0.774. The Balaban J connectivity index is 2.12. The predicted octanol–water partition coefficient (Wildman–Crippen LogP) is 2.12. The Morgan fingerprint density at radius 2 is 2.30 bits per heavy atom. The molecule has 0 N–H and O–H groups in total.